The molecule has 0 bridgehead atoms. The van der Waals surface area contributed by atoms with E-state index in [1.54, 1.807) is 17.8 Å². The molecule has 5 nitrogen and oxygen atoms in total. The van der Waals surface area contributed by atoms with Gasteiger partial charge in [-0.2, -0.15) is 5.10 Å². The van der Waals surface area contributed by atoms with Gasteiger partial charge in [0.05, 0.1) is 11.0 Å². The number of hydrogen-bond acceptors (Lipinski definition) is 4. The SMILES string of the molecule is CC(CCN)S(=O)(=O)CCc1ccnn1C. The van der Waals surface area contributed by atoms with E-state index in [2.05, 4.69) is 5.10 Å². The zero-order valence-corrected chi connectivity index (χ0v) is 10.6. The normalized spacial score (nSPS) is 13.9. The van der Waals surface area contributed by atoms with Crippen LogP contribution < -0.4 is 5.73 Å². The Hall–Kier alpha value is -0.880. The maximum atomic E-state index is 11.8. The molecule has 6 heteroatoms. The molecule has 0 aromatic carbocycles. The number of aromatic nitrogens is 2. The Bertz CT molecular complexity index is 425. The van der Waals surface area contributed by atoms with Gasteiger partial charge < -0.3 is 5.73 Å². The van der Waals surface area contributed by atoms with Crippen LogP contribution in [-0.2, 0) is 23.3 Å². The van der Waals surface area contributed by atoms with Crippen molar-refractivity contribution in [1.29, 1.82) is 0 Å². The van der Waals surface area contributed by atoms with Crippen molar-refractivity contribution >= 4 is 9.84 Å². The third-order valence-electron chi connectivity index (χ3n) is 2.75. The topological polar surface area (TPSA) is 78.0 Å². The van der Waals surface area contributed by atoms with Gasteiger partial charge in [0.25, 0.3) is 0 Å². The summed E-state index contributed by atoms with van der Waals surface area (Å²) in [6, 6.07) is 1.84. The molecule has 1 aromatic heterocycles. The van der Waals surface area contributed by atoms with Gasteiger partial charge in [0.15, 0.2) is 9.84 Å². The largest absolute Gasteiger partial charge is 0.330 e. The van der Waals surface area contributed by atoms with Crippen LogP contribution in [0.15, 0.2) is 12.3 Å². The van der Waals surface area contributed by atoms with Crippen LogP contribution in [-0.4, -0.2) is 35.7 Å². The first kappa shape index (κ1) is 13.2. The van der Waals surface area contributed by atoms with Gasteiger partial charge in [-0.05, 0) is 26.0 Å². The van der Waals surface area contributed by atoms with Crippen molar-refractivity contribution in [1.82, 2.24) is 9.78 Å². The van der Waals surface area contributed by atoms with E-state index in [-0.39, 0.29) is 11.0 Å². The summed E-state index contributed by atoms with van der Waals surface area (Å²) in [4.78, 5) is 0. The van der Waals surface area contributed by atoms with Crippen molar-refractivity contribution in [2.75, 3.05) is 12.3 Å². The van der Waals surface area contributed by atoms with Gasteiger partial charge in [0.2, 0.25) is 0 Å². The first-order chi connectivity index (χ1) is 7.47. The molecular formula is C10H19N3O2S. The van der Waals surface area contributed by atoms with Crippen molar-refractivity contribution in [3.63, 3.8) is 0 Å². The lowest BCUT2D eigenvalue weighted by Crippen LogP contribution is -2.25. The zero-order valence-electron chi connectivity index (χ0n) is 9.76. The lowest BCUT2D eigenvalue weighted by Gasteiger charge is -2.11. The van der Waals surface area contributed by atoms with Crippen LogP contribution in [0.1, 0.15) is 19.0 Å². The molecule has 0 saturated heterocycles. The van der Waals surface area contributed by atoms with Gasteiger partial charge in [-0.3, -0.25) is 4.68 Å². The molecule has 92 valence electrons. The second-order valence-electron chi connectivity index (χ2n) is 3.95. The van der Waals surface area contributed by atoms with E-state index >= 15 is 0 Å². The van der Waals surface area contributed by atoms with Gasteiger partial charge in [0.1, 0.15) is 0 Å². The van der Waals surface area contributed by atoms with Crippen LogP contribution >= 0.6 is 0 Å². The minimum absolute atomic E-state index is 0.160. The van der Waals surface area contributed by atoms with E-state index in [1.807, 2.05) is 13.1 Å². The zero-order chi connectivity index (χ0) is 12.2. The van der Waals surface area contributed by atoms with Crippen LogP contribution in [0.25, 0.3) is 0 Å². The van der Waals surface area contributed by atoms with E-state index in [0.29, 0.717) is 19.4 Å². The summed E-state index contributed by atoms with van der Waals surface area (Å²) in [7, 11) is -1.23. The monoisotopic (exact) mass is 245 g/mol. The summed E-state index contributed by atoms with van der Waals surface area (Å²) in [6.07, 6.45) is 2.70. The van der Waals surface area contributed by atoms with Crippen LogP contribution in [0.4, 0.5) is 0 Å². The van der Waals surface area contributed by atoms with Crippen molar-refractivity contribution < 1.29 is 8.42 Å². The molecule has 0 aliphatic carbocycles. The summed E-state index contributed by atoms with van der Waals surface area (Å²) in [5.41, 5.74) is 6.30. The highest BCUT2D eigenvalue weighted by Gasteiger charge is 2.20. The Labute approximate surface area is 96.6 Å². The molecule has 1 aromatic rings. The molecule has 0 aliphatic rings. The van der Waals surface area contributed by atoms with Crippen LogP contribution in [0, 0.1) is 0 Å². The number of hydrogen-bond donors (Lipinski definition) is 1. The average Bonchev–Trinajstić information content (AvgIpc) is 2.61. The summed E-state index contributed by atoms with van der Waals surface area (Å²) >= 11 is 0. The van der Waals surface area contributed by atoms with E-state index in [0.717, 1.165) is 5.69 Å². The lowest BCUT2D eigenvalue weighted by molar-refractivity contribution is 0.576. The lowest BCUT2D eigenvalue weighted by atomic mass is 10.3. The molecule has 0 amide bonds. The number of nitrogens with two attached hydrogens (primary N) is 1. The third-order valence-corrected chi connectivity index (χ3v) is 4.99. The van der Waals surface area contributed by atoms with Crippen LogP contribution in [0.2, 0.25) is 0 Å². The molecule has 0 spiro atoms. The first-order valence-corrected chi connectivity index (χ1v) is 7.07. The first-order valence-electron chi connectivity index (χ1n) is 5.36. The maximum Gasteiger partial charge on any atom is 0.153 e. The molecule has 1 atom stereocenters. The molecule has 1 heterocycles. The fraction of sp³-hybridized carbons (Fsp3) is 0.700. The smallest absolute Gasteiger partial charge is 0.153 e. The number of aryl methyl sites for hydroxylation is 2. The molecule has 0 fully saturated rings. The highest BCUT2D eigenvalue weighted by molar-refractivity contribution is 7.92. The minimum atomic E-state index is -3.04. The second-order valence-corrected chi connectivity index (χ2v) is 6.49. The predicted molar refractivity (Wildman–Crippen MR) is 63.8 cm³/mol. The predicted octanol–water partition coefficient (Wildman–Crippen LogP) is 0.115. The van der Waals surface area contributed by atoms with E-state index in [4.69, 9.17) is 5.73 Å². The number of sulfone groups is 1. The molecule has 0 radical (unpaired) electrons. The maximum absolute atomic E-state index is 11.8. The van der Waals surface area contributed by atoms with E-state index in [9.17, 15) is 8.42 Å². The molecule has 2 N–H and O–H groups in total. The Kier molecular flexibility index (Phi) is 4.49. The Morgan fingerprint density at radius 3 is 2.75 bits per heavy atom. The molecule has 1 rings (SSSR count). The van der Waals surface area contributed by atoms with Crippen molar-refractivity contribution in [3.8, 4) is 0 Å². The number of rotatable bonds is 6. The minimum Gasteiger partial charge on any atom is -0.330 e. The van der Waals surface area contributed by atoms with E-state index < -0.39 is 9.84 Å². The summed E-state index contributed by atoms with van der Waals surface area (Å²) in [5, 5.41) is 3.64. The Morgan fingerprint density at radius 2 is 2.25 bits per heavy atom. The quantitative estimate of drug-likeness (QED) is 0.772. The molecule has 16 heavy (non-hydrogen) atoms. The molecular weight excluding hydrogens is 226 g/mol. The molecule has 0 aliphatic heterocycles. The van der Waals surface area contributed by atoms with Gasteiger partial charge in [0, 0.05) is 25.4 Å². The average molecular weight is 245 g/mol. The molecule has 1 unspecified atom stereocenters. The van der Waals surface area contributed by atoms with Crippen molar-refractivity contribution in [2.45, 2.75) is 25.0 Å². The highest BCUT2D eigenvalue weighted by Crippen LogP contribution is 2.08. The van der Waals surface area contributed by atoms with Crippen LogP contribution in [0.5, 0.6) is 0 Å². The summed E-state index contributed by atoms with van der Waals surface area (Å²) < 4.78 is 25.4. The van der Waals surface area contributed by atoms with Gasteiger partial charge in [-0.15, -0.1) is 0 Å². The van der Waals surface area contributed by atoms with Crippen LogP contribution in [0.3, 0.4) is 0 Å². The summed E-state index contributed by atoms with van der Waals surface area (Å²) in [5.74, 6) is 0.160. The second kappa shape index (κ2) is 5.45. The van der Waals surface area contributed by atoms with Crippen molar-refractivity contribution in [2.24, 2.45) is 12.8 Å². The summed E-state index contributed by atoms with van der Waals surface area (Å²) in [6.45, 7) is 2.12. The van der Waals surface area contributed by atoms with E-state index in [1.165, 1.54) is 0 Å². The highest BCUT2D eigenvalue weighted by atomic mass is 32.2. The van der Waals surface area contributed by atoms with Gasteiger partial charge >= 0.3 is 0 Å². The van der Waals surface area contributed by atoms with Gasteiger partial charge in [-0.25, -0.2) is 8.42 Å². The Morgan fingerprint density at radius 1 is 1.56 bits per heavy atom. The third kappa shape index (κ3) is 3.31. The van der Waals surface area contributed by atoms with Gasteiger partial charge in [-0.1, -0.05) is 0 Å². The number of nitrogens with zero attached hydrogens (tertiary/aromatic N) is 2. The van der Waals surface area contributed by atoms with Crippen molar-refractivity contribution in [3.05, 3.63) is 18.0 Å². The fourth-order valence-corrected chi connectivity index (χ4v) is 2.90. The molecule has 0 saturated carbocycles. The Balaban J connectivity index is 2.58. The standard InChI is InChI=1S/C10H19N3O2S/c1-9(3-6-11)16(14,15)8-5-10-4-7-12-13(10)2/h4,7,9H,3,5-6,8,11H2,1-2H3. The fourth-order valence-electron chi connectivity index (χ4n) is 1.51.